The lowest BCUT2D eigenvalue weighted by Crippen LogP contribution is -2.70. The monoisotopic (exact) mass is 936 g/mol. The van der Waals surface area contributed by atoms with Gasteiger partial charge in [0.2, 0.25) is 0 Å². The first-order chi connectivity index (χ1) is 35.9. The van der Waals surface area contributed by atoms with E-state index in [2.05, 4.69) is 182 Å². The van der Waals surface area contributed by atoms with Gasteiger partial charge in [-0.05, 0) is 192 Å². The first kappa shape index (κ1) is 39.7. The van der Waals surface area contributed by atoms with Gasteiger partial charge in [-0.2, -0.15) is 0 Å². The second kappa shape index (κ2) is 12.9. The van der Waals surface area contributed by atoms with E-state index in [-0.39, 0.29) is 19.1 Å². The number of nitrogens with zero attached hydrogens (tertiary/aromatic N) is 2. The van der Waals surface area contributed by atoms with Crippen LogP contribution in [-0.4, -0.2) is 18.5 Å². The average molecular weight is 937 g/mol. The molecule has 2 spiro atoms. The smallest absolute Gasteiger partial charge is 0.307 e. The van der Waals surface area contributed by atoms with Crippen molar-refractivity contribution in [1.29, 1.82) is 0 Å². The summed E-state index contributed by atoms with van der Waals surface area (Å²) in [7, 11) is 0. The molecule has 8 aliphatic carbocycles. The Balaban J connectivity index is 1.03. The predicted molar refractivity (Wildman–Crippen MR) is 298 cm³/mol. The Morgan fingerprint density at radius 2 is 0.918 bits per heavy atom. The molecule has 12 aliphatic rings. The molecule has 0 saturated heterocycles. The van der Waals surface area contributed by atoms with Crippen LogP contribution >= 0.6 is 0 Å². The summed E-state index contributed by atoms with van der Waals surface area (Å²) in [6.07, 6.45) is 10.3. The summed E-state index contributed by atoms with van der Waals surface area (Å²) in [5.74, 6) is 3.37. The van der Waals surface area contributed by atoms with Crippen molar-refractivity contribution in [2.24, 2.45) is 0 Å². The third-order valence-corrected chi connectivity index (χ3v) is 21.3. The predicted octanol–water partition coefficient (Wildman–Crippen LogP) is 13.2. The fourth-order valence-electron chi connectivity index (χ4n) is 18.6. The van der Waals surface area contributed by atoms with E-state index in [9.17, 15) is 0 Å². The van der Waals surface area contributed by atoms with E-state index in [4.69, 9.17) is 4.42 Å². The Labute approximate surface area is 428 Å². The molecule has 5 heteroatoms. The largest absolute Gasteiger partial charge is 0.460 e. The zero-order valence-electron chi connectivity index (χ0n) is 41.9. The first-order valence-corrected chi connectivity index (χ1v) is 27.9. The molecule has 9 aromatic rings. The molecule has 4 bridgehead atoms. The van der Waals surface area contributed by atoms with E-state index in [1.54, 1.807) is 50.1 Å². The molecule has 5 heterocycles. The van der Waals surface area contributed by atoms with Gasteiger partial charge < -0.3 is 4.42 Å². The van der Waals surface area contributed by atoms with Gasteiger partial charge in [0.05, 0.1) is 16.8 Å². The quantitative estimate of drug-likeness (QED) is 0.141. The van der Waals surface area contributed by atoms with E-state index in [1.807, 2.05) is 0 Å². The maximum Gasteiger partial charge on any atom is 0.307 e. The Hall–Kier alpha value is -6.81. The minimum Gasteiger partial charge on any atom is -0.460 e. The van der Waals surface area contributed by atoms with E-state index >= 15 is 0 Å². The average Bonchev–Trinajstić information content (AvgIpc) is 4.42. The topological polar surface area (TPSA) is 19.6 Å². The standard InChI is InChI=1S/C68H54B2N2O/c1-66(2,3)41-32-33-56-53(34-41)67(49-19-9-4-14-42(49)43-15-5-10-20-50(43)67)54-35-47-37-24-28-39(29-25-37)58(47)63-61(54)69(56)72-70-60-46-18-8-13-23-57(46)73-65(60)68(51-21-11-6-16-44(51)45-17-7-12-22-52(45)68)55-36-48-38-26-30-40(31-27-38)59(48)64(62(55)70)71(63)72/h4-23,32-40H,24-31H2,1-3H3. The van der Waals surface area contributed by atoms with Gasteiger partial charge >= 0.3 is 13.7 Å². The summed E-state index contributed by atoms with van der Waals surface area (Å²) in [6, 6.07) is 60.4. The second-order valence-corrected chi connectivity index (χ2v) is 25.0. The van der Waals surface area contributed by atoms with Crippen molar-refractivity contribution in [3.8, 4) is 22.3 Å². The highest BCUT2D eigenvalue weighted by Crippen LogP contribution is 2.66. The summed E-state index contributed by atoms with van der Waals surface area (Å²) in [6.45, 7) is 7.17. The van der Waals surface area contributed by atoms with Gasteiger partial charge in [0.15, 0.2) is 0 Å². The zero-order chi connectivity index (χ0) is 47.6. The van der Waals surface area contributed by atoms with Gasteiger partial charge in [0, 0.05) is 5.39 Å². The van der Waals surface area contributed by atoms with Crippen molar-refractivity contribution < 1.29 is 4.42 Å². The Kier molecular flexibility index (Phi) is 7.02. The molecule has 73 heavy (non-hydrogen) atoms. The van der Waals surface area contributed by atoms with Gasteiger partial charge in [0.1, 0.15) is 16.8 Å². The third-order valence-electron chi connectivity index (χ3n) is 21.3. The summed E-state index contributed by atoms with van der Waals surface area (Å²) in [5.41, 5.74) is 32.6. The molecule has 0 radical (unpaired) electrons. The van der Waals surface area contributed by atoms with Crippen LogP contribution in [0.4, 0.5) is 11.4 Å². The van der Waals surface area contributed by atoms with Crippen LogP contribution in [0.25, 0.3) is 33.2 Å². The van der Waals surface area contributed by atoms with E-state index < -0.39 is 10.8 Å². The lowest BCUT2D eigenvalue weighted by atomic mass is 9.32. The lowest BCUT2D eigenvalue weighted by Gasteiger charge is -2.47. The zero-order valence-corrected chi connectivity index (χ0v) is 41.9. The molecule has 4 aliphatic heterocycles. The van der Waals surface area contributed by atoms with Crippen LogP contribution in [0.5, 0.6) is 0 Å². The molecule has 348 valence electrons. The highest BCUT2D eigenvalue weighted by Gasteiger charge is 2.68. The highest BCUT2D eigenvalue weighted by atomic mass is 16.3. The van der Waals surface area contributed by atoms with E-state index in [0.717, 1.165) is 11.3 Å². The molecular weight excluding hydrogens is 882 g/mol. The van der Waals surface area contributed by atoms with Crippen LogP contribution in [0.15, 0.2) is 156 Å². The summed E-state index contributed by atoms with van der Waals surface area (Å²) < 4.78 is 7.75. The number of anilines is 2. The SMILES string of the molecule is CC(C)(C)c1ccc2c(c1)C1(c3ccccc3-c3ccccc31)c1cc3c(c4c1B2N1B2c5c(cc6c(c5N41)C1CCC6CC1)C1(c4ccccc4-c4ccccc41)c1oc4ccccc4c12)C1CCC3CC1. The molecule has 1 aromatic heterocycles. The van der Waals surface area contributed by atoms with Crippen molar-refractivity contribution in [3.63, 3.8) is 0 Å². The molecule has 8 aromatic carbocycles. The summed E-state index contributed by atoms with van der Waals surface area (Å²) in [5, 5.41) is 4.27. The highest BCUT2D eigenvalue weighted by molar-refractivity contribution is 7.02. The molecule has 0 atom stereocenters. The van der Waals surface area contributed by atoms with E-state index in [1.165, 1.54) is 129 Å². The third kappa shape index (κ3) is 4.26. The van der Waals surface area contributed by atoms with Crippen LogP contribution in [0.2, 0.25) is 0 Å². The van der Waals surface area contributed by atoms with Crippen LogP contribution in [0.1, 0.15) is 168 Å². The maximum absolute atomic E-state index is 7.75. The number of rotatable bonds is 0. The Bertz CT molecular complexity index is 3970. The number of benzene rings is 8. The molecule has 0 N–H and O–H groups in total. The number of furan rings is 1. The van der Waals surface area contributed by atoms with Crippen LogP contribution in [0, 0.1) is 0 Å². The fourth-order valence-corrected chi connectivity index (χ4v) is 18.6. The fraction of sp³-hybridized carbons (Fsp3) is 0.265. The lowest BCUT2D eigenvalue weighted by molar-refractivity contribution is 0.356. The molecular formula is C68H54B2N2O. The molecule has 2 fully saturated rings. The molecule has 21 rings (SSSR count). The van der Waals surface area contributed by atoms with Gasteiger partial charge in [-0.15, -0.1) is 0 Å². The summed E-state index contributed by atoms with van der Waals surface area (Å²) >= 11 is 0. The van der Waals surface area contributed by atoms with Crippen LogP contribution < -0.4 is 26.9 Å². The number of hydrazine groups is 1. The molecule has 0 amide bonds. The normalized spacial score (nSPS) is 23.2. The number of hydrogen-bond acceptors (Lipinski definition) is 3. The Morgan fingerprint density at radius 1 is 0.452 bits per heavy atom. The van der Waals surface area contributed by atoms with Crippen molar-refractivity contribution in [2.75, 3.05) is 5.01 Å². The van der Waals surface area contributed by atoms with Gasteiger partial charge in [-0.1, -0.05) is 172 Å². The van der Waals surface area contributed by atoms with Crippen molar-refractivity contribution in [1.82, 2.24) is 4.83 Å². The molecule has 2 saturated carbocycles. The Morgan fingerprint density at radius 3 is 1.47 bits per heavy atom. The van der Waals surface area contributed by atoms with Gasteiger partial charge in [0.25, 0.3) is 0 Å². The van der Waals surface area contributed by atoms with Crippen molar-refractivity contribution in [3.05, 3.63) is 224 Å². The van der Waals surface area contributed by atoms with Crippen molar-refractivity contribution >= 4 is 57.9 Å². The van der Waals surface area contributed by atoms with Crippen molar-refractivity contribution in [2.45, 2.75) is 112 Å². The van der Waals surface area contributed by atoms with E-state index in [0.29, 0.717) is 23.7 Å². The second-order valence-electron chi connectivity index (χ2n) is 25.0. The van der Waals surface area contributed by atoms with Gasteiger partial charge in [-0.25, -0.2) is 0 Å². The van der Waals surface area contributed by atoms with Crippen LogP contribution in [0.3, 0.4) is 0 Å². The molecule has 0 unspecified atom stereocenters. The maximum atomic E-state index is 7.75. The minimum absolute atomic E-state index is 0.00860. The minimum atomic E-state index is -0.606. The van der Waals surface area contributed by atoms with Crippen LogP contribution in [-0.2, 0) is 16.2 Å². The number of fused-ring (bicyclic) bond motifs is 29. The van der Waals surface area contributed by atoms with Gasteiger partial charge in [-0.3, -0.25) is 9.84 Å². The molecule has 3 nitrogen and oxygen atoms in total. The number of hydrogen-bond donors (Lipinski definition) is 0. The summed E-state index contributed by atoms with van der Waals surface area (Å²) in [4.78, 5) is 3.02. The number of para-hydroxylation sites is 1. The first-order valence-electron chi connectivity index (χ1n) is 27.9.